The molecule has 2 aromatic carbocycles. The van der Waals surface area contributed by atoms with Crippen molar-refractivity contribution >= 4 is 34.1 Å². The van der Waals surface area contributed by atoms with Crippen molar-refractivity contribution in [3.05, 3.63) is 35.9 Å². The van der Waals surface area contributed by atoms with E-state index in [1.165, 1.54) is 64.5 Å². The van der Waals surface area contributed by atoms with Crippen LogP contribution in [-0.4, -0.2) is 49.0 Å². The Bertz CT molecular complexity index is 949. The van der Waals surface area contributed by atoms with Crippen LogP contribution in [-0.2, 0) is 9.53 Å². The molecule has 0 heterocycles. The van der Waals surface area contributed by atoms with Crippen molar-refractivity contribution in [2.45, 2.75) is 83.7 Å². The van der Waals surface area contributed by atoms with Crippen molar-refractivity contribution in [2.24, 2.45) is 0 Å². The van der Waals surface area contributed by atoms with E-state index in [0.29, 0.717) is 23.1 Å². The minimum atomic E-state index is -0.877. The standard InChI is InChI=1S/C29H42ClNO5/c1-3-4-5-6-7-8-9-10-11-14-18-31-29(34)24-20-26(22-15-12-13-16-23(22)28(24)33)36-27(21-30)25(32)17-19-35-2/h12-13,15-16,20,27,33H,3-11,14,17-19,21H2,1-2H3,(H,31,34). The molecule has 0 bridgehead atoms. The van der Waals surface area contributed by atoms with Gasteiger partial charge in [0.2, 0.25) is 0 Å². The number of unbranched alkanes of at least 4 members (excludes halogenated alkanes) is 9. The number of phenols is 1. The number of Topliss-reactive ketones (excluding diaryl/α,β-unsaturated/α-hetero) is 1. The van der Waals surface area contributed by atoms with Crippen LogP contribution in [0, 0.1) is 0 Å². The van der Waals surface area contributed by atoms with E-state index in [-0.39, 0.29) is 41.9 Å². The largest absolute Gasteiger partial charge is 0.506 e. The van der Waals surface area contributed by atoms with Crippen LogP contribution in [0.15, 0.2) is 30.3 Å². The highest BCUT2D eigenvalue weighted by molar-refractivity contribution is 6.20. The zero-order chi connectivity index (χ0) is 26.2. The van der Waals surface area contributed by atoms with E-state index < -0.39 is 6.10 Å². The number of ether oxygens (including phenoxy) is 2. The number of carbonyl (C=O) groups excluding carboxylic acids is 2. The van der Waals surface area contributed by atoms with Crippen molar-refractivity contribution in [1.29, 1.82) is 0 Å². The minimum Gasteiger partial charge on any atom is -0.506 e. The number of ketones is 1. The van der Waals surface area contributed by atoms with Gasteiger partial charge in [-0.05, 0) is 12.5 Å². The zero-order valence-electron chi connectivity index (χ0n) is 21.8. The number of nitrogens with one attached hydrogen (secondary N) is 1. The fourth-order valence-electron chi connectivity index (χ4n) is 4.21. The summed E-state index contributed by atoms with van der Waals surface area (Å²) >= 11 is 6.02. The highest BCUT2D eigenvalue weighted by Crippen LogP contribution is 2.36. The van der Waals surface area contributed by atoms with Gasteiger partial charge >= 0.3 is 0 Å². The molecule has 2 aromatic rings. The normalized spacial score (nSPS) is 12.0. The predicted octanol–water partition coefficient (Wildman–Crippen LogP) is 6.79. The number of benzene rings is 2. The number of carbonyl (C=O) groups is 2. The van der Waals surface area contributed by atoms with Gasteiger partial charge in [-0.15, -0.1) is 11.6 Å². The summed E-state index contributed by atoms with van der Waals surface area (Å²) in [6.07, 6.45) is 11.5. The molecule has 0 aliphatic heterocycles. The fourth-order valence-corrected chi connectivity index (χ4v) is 4.44. The zero-order valence-corrected chi connectivity index (χ0v) is 22.6. The van der Waals surface area contributed by atoms with E-state index >= 15 is 0 Å². The Morgan fingerprint density at radius 1 is 0.972 bits per heavy atom. The van der Waals surface area contributed by atoms with Crippen LogP contribution < -0.4 is 10.1 Å². The summed E-state index contributed by atoms with van der Waals surface area (Å²) in [6.45, 7) is 3.05. The summed E-state index contributed by atoms with van der Waals surface area (Å²) in [7, 11) is 1.53. The van der Waals surface area contributed by atoms with Gasteiger partial charge in [-0.2, -0.15) is 0 Å². The summed E-state index contributed by atoms with van der Waals surface area (Å²) in [5.74, 6) is -0.350. The number of aromatic hydroxyl groups is 1. The number of alkyl halides is 1. The highest BCUT2D eigenvalue weighted by atomic mass is 35.5. The average Bonchev–Trinajstić information content (AvgIpc) is 2.90. The maximum Gasteiger partial charge on any atom is 0.255 e. The van der Waals surface area contributed by atoms with Gasteiger partial charge in [-0.25, -0.2) is 0 Å². The molecule has 7 heteroatoms. The van der Waals surface area contributed by atoms with Crippen molar-refractivity contribution < 1.29 is 24.2 Å². The van der Waals surface area contributed by atoms with Crippen LogP contribution in [0.2, 0.25) is 0 Å². The second-order valence-corrected chi connectivity index (χ2v) is 9.53. The number of phenolic OH excluding ortho intramolecular Hbond substituents is 1. The van der Waals surface area contributed by atoms with Crippen molar-refractivity contribution in [1.82, 2.24) is 5.32 Å². The molecule has 0 aliphatic carbocycles. The van der Waals surface area contributed by atoms with E-state index in [4.69, 9.17) is 21.1 Å². The predicted molar refractivity (Wildman–Crippen MR) is 146 cm³/mol. The van der Waals surface area contributed by atoms with E-state index in [1.807, 2.05) is 6.07 Å². The van der Waals surface area contributed by atoms with Gasteiger partial charge in [-0.3, -0.25) is 9.59 Å². The lowest BCUT2D eigenvalue weighted by molar-refractivity contribution is -0.125. The Morgan fingerprint density at radius 2 is 1.58 bits per heavy atom. The molecule has 200 valence electrons. The quantitative estimate of drug-likeness (QED) is 0.158. The fraction of sp³-hybridized carbons (Fsp3) is 0.586. The molecule has 6 nitrogen and oxygen atoms in total. The summed E-state index contributed by atoms with van der Waals surface area (Å²) in [4.78, 5) is 25.4. The third kappa shape index (κ3) is 9.62. The number of amides is 1. The summed E-state index contributed by atoms with van der Waals surface area (Å²) < 4.78 is 10.9. The number of halogens is 1. The number of hydrogen-bond acceptors (Lipinski definition) is 5. The van der Waals surface area contributed by atoms with Gasteiger partial charge in [0.05, 0.1) is 18.1 Å². The van der Waals surface area contributed by atoms with Crippen LogP contribution in [0.1, 0.15) is 87.9 Å². The minimum absolute atomic E-state index is 0.0297. The van der Waals surface area contributed by atoms with E-state index in [0.717, 1.165) is 12.8 Å². The summed E-state index contributed by atoms with van der Waals surface area (Å²) in [5.41, 5.74) is 0.119. The molecule has 0 aromatic heterocycles. The Morgan fingerprint density at radius 3 is 2.19 bits per heavy atom. The monoisotopic (exact) mass is 519 g/mol. The van der Waals surface area contributed by atoms with Crippen molar-refractivity contribution in [3.8, 4) is 11.5 Å². The molecule has 1 atom stereocenters. The van der Waals surface area contributed by atoms with Gasteiger partial charge in [0.25, 0.3) is 5.91 Å². The van der Waals surface area contributed by atoms with Gasteiger partial charge in [0, 0.05) is 30.8 Å². The third-order valence-electron chi connectivity index (χ3n) is 6.36. The number of hydrogen-bond donors (Lipinski definition) is 2. The molecule has 0 aliphatic rings. The van der Waals surface area contributed by atoms with Gasteiger partial charge < -0.3 is 19.9 Å². The first-order valence-corrected chi connectivity index (χ1v) is 13.8. The Labute approximate surface area is 220 Å². The van der Waals surface area contributed by atoms with Crippen molar-refractivity contribution in [3.63, 3.8) is 0 Å². The van der Waals surface area contributed by atoms with Crippen LogP contribution in [0.4, 0.5) is 0 Å². The number of fused-ring (bicyclic) bond motifs is 1. The van der Waals surface area contributed by atoms with Gasteiger partial charge in [-0.1, -0.05) is 89.0 Å². The van der Waals surface area contributed by atoms with Gasteiger partial charge in [0.15, 0.2) is 11.9 Å². The van der Waals surface area contributed by atoms with E-state index in [9.17, 15) is 14.7 Å². The smallest absolute Gasteiger partial charge is 0.255 e. The van der Waals surface area contributed by atoms with Crippen LogP contribution in [0.5, 0.6) is 11.5 Å². The number of rotatable bonds is 19. The average molecular weight is 520 g/mol. The molecule has 0 spiro atoms. The second-order valence-electron chi connectivity index (χ2n) is 9.22. The van der Waals surface area contributed by atoms with Gasteiger partial charge in [0.1, 0.15) is 11.5 Å². The molecule has 2 rings (SSSR count). The molecular formula is C29H42ClNO5. The topological polar surface area (TPSA) is 84.9 Å². The first-order chi connectivity index (χ1) is 17.5. The molecule has 36 heavy (non-hydrogen) atoms. The molecular weight excluding hydrogens is 478 g/mol. The lowest BCUT2D eigenvalue weighted by atomic mass is 10.0. The Balaban J connectivity index is 1.95. The first kappa shape index (κ1) is 29.9. The lowest BCUT2D eigenvalue weighted by Gasteiger charge is -2.19. The Hall–Kier alpha value is -2.31. The maximum atomic E-state index is 12.9. The summed E-state index contributed by atoms with van der Waals surface area (Å²) in [5, 5.41) is 14.8. The van der Waals surface area contributed by atoms with E-state index in [1.54, 1.807) is 18.2 Å². The third-order valence-corrected chi connectivity index (χ3v) is 6.64. The highest BCUT2D eigenvalue weighted by Gasteiger charge is 2.23. The van der Waals surface area contributed by atoms with Crippen LogP contribution in [0.3, 0.4) is 0 Å². The molecule has 1 amide bonds. The molecule has 0 radical (unpaired) electrons. The van der Waals surface area contributed by atoms with Crippen molar-refractivity contribution in [2.75, 3.05) is 26.1 Å². The number of methoxy groups -OCH3 is 1. The van der Waals surface area contributed by atoms with Crippen LogP contribution >= 0.6 is 11.6 Å². The molecule has 1 unspecified atom stereocenters. The SMILES string of the molecule is CCCCCCCCCCCCNC(=O)c1cc(OC(CCl)C(=O)CCOC)c2ccccc2c1O. The molecule has 0 fully saturated rings. The van der Waals surface area contributed by atoms with E-state index in [2.05, 4.69) is 12.2 Å². The Kier molecular flexibility index (Phi) is 14.3. The second kappa shape index (κ2) is 17.2. The lowest BCUT2D eigenvalue weighted by Crippen LogP contribution is -2.30. The molecule has 0 saturated carbocycles. The maximum absolute atomic E-state index is 12.9. The first-order valence-electron chi connectivity index (χ1n) is 13.3. The van der Waals surface area contributed by atoms with Crippen LogP contribution in [0.25, 0.3) is 10.8 Å². The summed E-state index contributed by atoms with van der Waals surface area (Å²) in [6, 6.07) is 8.58. The molecule has 2 N–H and O–H groups in total. The molecule has 0 saturated heterocycles.